The summed E-state index contributed by atoms with van der Waals surface area (Å²) in [5, 5.41) is 9.40. The Hall–Kier alpha value is -2.78. The molecule has 0 spiro atoms. The van der Waals surface area contributed by atoms with Gasteiger partial charge in [0.05, 0.1) is 12.0 Å². The lowest BCUT2D eigenvalue weighted by molar-refractivity contribution is -0.130. The van der Waals surface area contributed by atoms with E-state index < -0.39 is 0 Å². The third-order valence-electron chi connectivity index (χ3n) is 5.48. The molecule has 0 N–H and O–H groups in total. The summed E-state index contributed by atoms with van der Waals surface area (Å²) in [6, 6.07) is 13.6. The number of furan rings is 1. The molecular formula is C24H31N5O3S. The van der Waals surface area contributed by atoms with Crippen LogP contribution in [-0.4, -0.2) is 75.6 Å². The molecule has 33 heavy (non-hydrogen) atoms. The molecule has 3 heterocycles. The summed E-state index contributed by atoms with van der Waals surface area (Å²) in [5.41, 5.74) is 0. The number of rotatable bonds is 10. The van der Waals surface area contributed by atoms with Gasteiger partial charge >= 0.3 is 0 Å². The first-order valence-electron chi connectivity index (χ1n) is 11.4. The number of hydrogen-bond acceptors (Lipinski definition) is 7. The summed E-state index contributed by atoms with van der Waals surface area (Å²) in [7, 11) is 0. The highest BCUT2D eigenvalue weighted by atomic mass is 32.2. The molecule has 4 rings (SSSR count). The van der Waals surface area contributed by atoms with Crippen LogP contribution in [0.15, 0.2) is 58.3 Å². The monoisotopic (exact) mass is 469 g/mol. The molecule has 9 heteroatoms. The minimum Gasteiger partial charge on any atom is -0.492 e. The third-order valence-corrected chi connectivity index (χ3v) is 6.43. The number of para-hydroxylation sites is 1. The van der Waals surface area contributed by atoms with E-state index in [1.165, 1.54) is 11.8 Å². The first kappa shape index (κ1) is 23.4. The van der Waals surface area contributed by atoms with Crippen LogP contribution in [0.5, 0.6) is 5.75 Å². The fourth-order valence-corrected chi connectivity index (χ4v) is 4.61. The molecule has 0 atom stereocenters. The molecule has 1 aromatic carbocycles. The summed E-state index contributed by atoms with van der Waals surface area (Å²) < 4.78 is 13.4. The number of carbonyl (C=O) groups is 1. The smallest absolute Gasteiger partial charge is 0.233 e. The van der Waals surface area contributed by atoms with Gasteiger partial charge in [0.25, 0.3) is 0 Å². The maximum atomic E-state index is 12.8. The van der Waals surface area contributed by atoms with Crippen molar-refractivity contribution in [3.63, 3.8) is 0 Å². The van der Waals surface area contributed by atoms with Gasteiger partial charge in [-0.15, -0.1) is 10.2 Å². The summed E-state index contributed by atoms with van der Waals surface area (Å²) in [6.07, 6.45) is 1.63. The van der Waals surface area contributed by atoms with Crippen molar-refractivity contribution in [3.8, 4) is 17.3 Å². The Kier molecular flexibility index (Phi) is 8.06. The minimum atomic E-state index is 0.138. The summed E-state index contributed by atoms with van der Waals surface area (Å²) in [5.74, 6) is 3.20. The zero-order valence-electron chi connectivity index (χ0n) is 19.2. The van der Waals surface area contributed by atoms with Crippen LogP contribution in [0.2, 0.25) is 0 Å². The highest BCUT2D eigenvalue weighted by molar-refractivity contribution is 7.99. The van der Waals surface area contributed by atoms with E-state index >= 15 is 0 Å². The van der Waals surface area contributed by atoms with Gasteiger partial charge in [0, 0.05) is 39.3 Å². The highest BCUT2D eigenvalue weighted by Crippen LogP contribution is 2.25. The average Bonchev–Trinajstić information content (AvgIpc) is 3.48. The summed E-state index contributed by atoms with van der Waals surface area (Å²) in [4.78, 5) is 17.1. The van der Waals surface area contributed by atoms with Crippen LogP contribution < -0.4 is 4.74 Å². The number of piperazine rings is 1. The van der Waals surface area contributed by atoms with E-state index in [2.05, 4.69) is 28.9 Å². The van der Waals surface area contributed by atoms with Crippen molar-refractivity contribution < 1.29 is 13.9 Å². The Balaban J connectivity index is 1.24. The van der Waals surface area contributed by atoms with Crippen LogP contribution in [-0.2, 0) is 11.3 Å². The highest BCUT2D eigenvalue weighted by Gasteiger charge is 2.23. The normalized spacial score (nSPS) is 14.7. The van der Waals surface area contributed by atoms with Crippen molar-refractivity contribution in [1.82, 2.24) is 24.6 Å². The molecular weight excluding hydrogens is 438 g/mol. The van der Waals surface area contributed by atoms with Crippen molar-refractivity contribution >= 4 is 17.7 Å². The Morgan fingerprint density at radius 1 is 1.09 bits per heavy atom. The maximum absolute atomic E-state index is 12.8. The third kappa shape index (κ3) is 6.39. The molecule has 0 bridgehead atoms. The van der Waals surface area contributed by atoms with Gasteiger partial charge in [-0.05, 0) is 30.2 Å². The molecule has 8 nitrogen and oxygen atoms in total. The van der Waals surface area contributed by atoms with E-state index in [0.717, 1.165) is 50.2 Å². The molecule has 0 aliphatic carbocycles. The first-order valence-corrected chi connectivity index (χ1v) is 12.4. The van der Waals surface area contributed by atoms with Crippen LogP contribution in [0.3, 0.4) is 0 Å². The van der Waals surface area contributed by atoms with E-state index in [9.17, 15) is 4.79 Å². The molecule has 2 aromatic heterocycles. The van der Waals surface area contributed by atoms with Gasteiger partial charge in [-0.3, -0.25) is 14.3 Å². The quantitative estimate of drug-likeness (QED) is 0.421. The second-order valence-corrected chi connectivity index (χ2v) is 9.40. The van der Waals surface area contributed by atoms with E-state index in [1.54, 1.807) is 6.26 Å². The van der Waals surface area contributed by atoms with E-state index in [-0.39, 0.29) is 5.91 Å². The SMILES string of the molecule is CC(C)Cn1c(SCC(=O)N2CCN(CCOc3ccccc3)CC2)nnc1-c1ccco1. The Morgan fingerprint density at radius 3 is 2.58 bits per heavy atom. The number of aromatic nitrogens is 3. The first-order chi connectivity index (χ1) is 16.1. The fourth-order valence-electron chi connectivity index (χ4n) is 3.76. The Bertz CT molecular complexity index is 999. The summed E-state index contributed by atoms with van der Waals surface area (Å²) >= 11 is 1.44. The van der Waals surface area contributed by atoms with Crippen LogP contribution in [0.1, 0.15) is 13.8 Å². The Labute approximate surface area is 198 Å². The number of thioether (sulfide) groups is 1. The van der Waals surface area contributed by atoms with Gasteiger partial charge in [0.15, 0.2) is 16.7 Å². The molecule has 1 aliphatic rings. The molecule has 1 amide bonds. The van der Waals surface area contributed by atoms with E-state index in [0.29, 0.717) is 29.9 Å². The number of hydrogen-bond donors (Lipinski definition) is 0. The second-order valence-electron chi connectivity index (χ2n) is 8.46. The zero-order valence-corrected chi connectivity index (χ0v) is 20.0. The number of amides is 1. The van der Waals surface area contributed by atoms with E-state index in [1.807, 2.05) is 51.9 Å². The van der Waals surface area contributed by atoms with Crippen LogP contribution in [0.25, 0.3) is 11.6 Å². The van der Waals surface area contributed by atoms with Crippen LogP contribution in [0.4, 0.5) is 0 Å². The maximum Gasteiger partial charge on any atom is 0.233 e. The number of carbonyl (C=O) groups excluding carboxylic acids is 1. The van der Waals surface area contributed by atoms with Gasteiger partial charge in [-0.2, -0.15) is 0 Å². The fraction of sp³-hybridized carbons (Fsp3) is 0.458. The zero-order chi connectivity index (χ0) is 23.0. The number of benzene rings is 1. The average molecular weight is 470 g/mol. The number of ether oxygens (including phenoxy) is 1. The van der Waals surface area contributed by atoms with Gasteiger partial charge in [0.2, 0.25) is 5.91 Å². The minimum absolute atomic E-state index is 0.138. The predicted octanol–water partition coefficient (Wildman–Crippen LogP) is 3.51. The topological polar surface area (TPSA) is 76.6 Å². The van der Waals surface area contributed by atoms with Gasteiger partial charge < -0.3 is 14.1 Å². The van der Waals surface area contributed by atoms with E-state index in [4.69, 9.17) is 9.15 Å². The molecule has 1 fully saturated rings. The van der Waals surface area contributed by atoms with Crippen molar-refractivity contribution in [2.45, 2.75) is 25.5 Å². The van der Waals surface area contributed by atoms with Crippen molar-refractivity contribution in [3.05, 3.63) is 48.7 Å². The molecule has 0 radical (unpaired) electrons. The van der Waals surface area contributed by atoms with Crippen molar-refractivity contribution in [2.24, 2.45) is 5.92 Å². The molecule has 3 aromatic rings. The standard InChI is InChI=1S/C24H31N5O3S/c1-19(2)17-29-23(21-9-6-15-32-21)25-26-24(29)33-18-22(30)28-12-10-27(11-13-28)14-16-31-20-7-4-3-5-8-20/h3-9,15,19H,10-14,16-18H2,1-2H3. The van der Waals surface area contributed by atoms with Crippen molar-refractivity contribution in [1.29, 1.82) is 0 Å². The molecule has 0 unspecified atom stereocenters. The van der Waals surface area contributed by atoms with Crippen LogP contribution in [0, 0.1) is 5.92 Å². The lowest BCUT2D eigenvalue weighted by Crippen LogP contribution is -2.50. The summed E-state index contributed by atoms with van der Waals surface area (Å²) in [6.45, 7) is 9.77. The lowest BCUT2D eigenvalue weighted by atomic mass is 10.2. The lowest BCUT2D eigenvalue weighted by Gasteiger charge is -2.34. The molecule has 1 aliphatic heterocycles. The second kappa shape index (κ2) is 11.4. The molecule has 0 saturated carbocycles. The molecule has 1 saturated heterocycles. The largest absolute Gasteiger partial charge is 0.492 e. The Morgan fingerprint density at radius 2 is 1.88 bits per heavy atom. The van der Waals surface area contributed by atoms with Crippen molar-refractivity contribution in [2.75, 3.05) is 45.1 Å². The number of nitrogens with zero attached hydrogens (tertiary/aromatic N) is 5. The van der Waals surface area contributed by atoms with Gasteiger partial charge in [-0.1, -0.05) is 43.8 Å². The van der Waals surface area contributed by atoms with Crippen LogP contribution >= 0.6 is 11.8 Å². The predicted molar refractivity (Wildman–Crippen MR) is 128 cm³/mol. The van der Waals surface area contributed by atoms with Gasteiger partial charge in [-0.25, -0.2) is 0 Å². The van der Waals surface area contributed by atoms with Gasteiger partial charge in [0.1, 0.15) is 12.4 Å². The molecule has 176 valence electrons.